The highest BCUT2D eigenvalue weighted by molar-refractivity contribution is 7.89. The van der Waals surface area contributed by atoms with Gasteiger partial charge in [-0.3, -0.25) is 4.79 Å². The molecule has 1 aromatic rings. The summed E-state index contributed by atoms with van der Waals surface area (Å²) in [5.41, 5.74) is -0.0779. The number of rotatable bonds is 1. The van der Waals surface area contributed by atoms with Gasteiger partial charge in [-0.2, -0.15) is 4.31 Å². The summed E-state index contributed by atoms with van der Waals surface area (Å²) in [6, 6.07) is 4.19. The Bertz CT molecular complexity index is 635. The molecule has 1 aliphatic heterocycles. The van der Waals surface area contributed by atoms with Crippen LogP contribution in [0.1, 0.15) is 20.7 Å². The summed E-state index contributed by atoms with van der Waals surface area (Å²) in [7, 11) is -1.38. The van der Waals surface area contributed by atoms with Gasteiger partial charge in [-0.15, -0.1) is 0 Å². The van der Waals surface area contributed by atoms with E-state index in [2.05, 4.69) is 4.74 Å². The molecule has 0 radical (unpaired) electrons. The number of ketones is 1. The van der Waals surface area contributed by atoms with Gasteiger partial charge in [0.25, 0.3) is 0 Å². The second-order valence-corrected chi connectivity index (χ2v) is 5.84. The molecule has 0 spiro atoms. The van der Waals surface area contributed by atoms with Crippen molar-refractivity contribution in [3.05, 3.63) is 29.3 Å². The molecule has 18 heavy (non-hydrogen) atoms. The molecule has 1 heterocycles. The van der Waals surface area contributed by atoms with Crippen LogP contribution in [0.3, 0.4) is 0 Å². The maximum Gasteiger partial charge on any atom is 0.339 e. The standard InChI is InChI=1S/C11H11NO5S/c1-12-6-9(13)7-4-3-5-8(11(14)17-2)10(7)18(12,15)16/h3-5H,6H2,1-2H3. The Morgan fingerprint density at radius 2 is 2.06 bits per heavy atom. The van der Waals surface area contributed by atoms with Crippen LogP contribution in [-0.2, 0) is 14.8 Å². The average molecular weight is 269 g/mol. The Labute approximate surface area is 104 Å². The van der Waals surface area contributed by atoms with Crippen LogP contribution in [0.2, 0.25) is 0 Å². The molecule has 1 aromatic carbocycles. The second-order valence-electron chi connectivity index (χ2n) is 3.86. The molecule has 2 rings (SSSR count). The summed E-state index contributed by atoms with van der Waals surface area (Å²) in [4.78, 5) is 23.1. The van der Waals surface area contributed by atoms with E-state index in [1.165, 1.54) is 25.2 Å². The molecule has 0 saturated carbocycles. The zero-order valence-electron chi connectivity index (χ0n) is 9.84. The van der Waals surface area contributed by atoms with Gasteiger partial charge in [-0.25, -0.2) is 13.2 Å². The molecule has 0 unspecified atom stereocenters. The maximum atomic E-state index is 12.2. The molecule has 0 amide bonds. The van der Waals surface area contributed by atoms with Crippen molar-refractivity contribution in [2.24, 2.45) is 0 Å². The fraction of sp³-hybridized carbons (Fsp3) is 0.273. The number of ether oxygens (including phenoxy) is 1. The number of hydrogen-bond acceptors (Lipinski definition) is 5. The normalized spacial score (nSPS) is 18.2. The molecule has 1 aliphatic rings. The van der Waals surface area contributed by atoms with Crippen LogP contribution in [0.4, 0.5) is 0 Å². The number of fused-ring (bicyclic) bond motifs is 1. The lowest BCUT2D eigenvalue weighted by Crippen LogP contribution is -2.39. The SMILES string of the molecule is COC(=O)c1cccc2c1S(=O)(=O)N(C)CC2=O. The van der Waals surface area contributed by atoms with E-state index >= 15 is 0 Å². The number of Topliss-reactive ketones (excluding diaryl/α,β-unsaturated/α-hetero) is 1. The van der Waals surface area contributed by atoms with Crippen molar-refractivity contribution in [2.45, 2.75) is 4.90 Å². The summed E-state index contributed by atoms with van der Waals surface area (Å²) < 4.78 is 29.8. The van der Waals surface area contributed by atoms with Gasteiger partial charge in [0, 0.05) is 12.6 Å². The predicted octanol–water partition coefficient (Wildman–Crippen LogP) is 0.290. The van der Waals surface area contributed by atoms with Crippen LogP contribution in [0.15, 0.2) is 23.1 Å². The fourth-order valence-electron chi connectivity index (χ4n) is 1.83. The first-order chi connectivity index (χ1) is 8.39. The van der Waals surface area contributed by atoms with E-state index in [1.807, 2.05) is 0 Å². The molecule has 0 aliphatic carbocycles. The topological polar surface area (TPSA) is 80.8 Å². The molecule has 0 fully saturated rings. The number of sulfonamides is 1. The molecular formula is C11H11NO5S. The molecule has 0 saturated heterocycles. The first-order valence-electron chi connectivity index (χ1n) is 5.10. The Kier molecular flexibility index (Phi) is 2.95. The lowest BCUT2D eigenvalue weighted by Gasteiger charge is -2.25. The van der Waals surface area contributed by atoms with Gasteiger partial charge in [-0.05, 0) is 12.1 Å². The second kappa shape index (κ2) is 4.18. The quantitative estimate of drug-likeness (QED) is 0.684. The van der Waals surface area contributed by atoms with Crippen LogP contribution < -0.4 is 0 Å². The molecule has 0 atom stereocenters. The third-order valence-corrected chi connectivity index (χ3v) is 4.66. The number of carbonyl (C=O) groups excluding carboxylic acids is 2. The average Bonchev–Trinajstić information content (AvgIpc) is 2.35. The van der Waals surface area contributed by atoms with Crippen molar-refractivity contribution in [3.63, 3.8) is 0 Å². The van der Waals surface area contributed by atoms with Gasteiger partial charge in [0.2, 0.25) is 10.0 Å². The number of benzene rings is 1. The van der Waals surface area contributed by atoms with Gasteiger partial charge in [0.1, 0.15) is 4.90 Å². The number of hydrogen-bond donors (Lipinski definition) is 0. The van der Waals surface area contributed by atoms with E-state index < -0.39 is 16.0 Å². The molecular weight excluding hydrogens is 258 g/mol. The van der Waals surface area contributed by atoms with E-state index in [1.54, 1.807) is 0 Å². The Morgan fingerprint density at radius 3 is 2.67 bits per heavy atom. The Morgan fingerprint density at radius 1 is 1.39 bits per heavy atom. The summed E-state index contributed by atoms with van der Waals surface area (Å²) in [5.74, 6) is -1.12. The van der Waals surface area contributed by atoms with Crippen molar-refractivity contribution in [2.75, 3.05) is 20.7 Å². The minimum atomic E-state index is -3.83. The van der Waals surface area contributed by atoms with Gasteiger partial charge in [0.15, 0.2) is 5.78 Å². The minimum Gasteiger partial charge on any atom is -0.465 e. The van der Waals surface area contributed by atoms with Crippen molar-refractivity contribution in [3.8, 4) is 0 Å². The lowest BCUT2D eigenvalue weighted by molar-refractivity contribution is 0.0596. The van der Waals surface area contributed by atoms with Crippen molar-refractivity contribution < 1.29 is 22.7 Å². The number of methoxy groups -OCH3 is 1. The summed E-state index contributed by atoms with van der Waals surface area (Å²) in [5, 5.41) is 0. The highest BCUT2D eigenvalue weighted by atomic mass is 32.2. The molecule has 6 nitrogen and oxygen atoms in total. The third-order valence-electron chi connectivity index (χ3n) is 2.76. The van der Waals surface area contributed by atoms with Gasteiger partial charge in [0.05, 0.1) is 19.2 Å². The van der Waals surface area contributed by atoms with E-state index in [0.717, 1.165) is 11.4 Å². The number of likely N-dealkylation sites (N-methyl/N-ethyl adjacent to an activating group) is 1. The van der Waals surface area contributed by atoms with Gasteiger partial charge >= 0.3 is 5.97 Å². The Balaban J connectivity index is 2.81. The largest absolute Gasteiger partial charge is 0.465 e. The van der Waals surface area contributed by atoms with E-state index in [-0.39, 0.29) is 28.4 Å². The van der Waals surface area contributed by atoms with Gasteiger partial charge < -0.3 is 4.74 Å². The van der Waals surface area contributed by atoms with Crippen molar-refractivity contribution in [1.82, 2.24) is 4.31 Å². The zero-order chi connectivity index (χ0) is 13.5. The van der Waals surface area contributed by atoms with Crippen molar-refractivity contribution >= 4 is 21.8 Å². The lowest BCUT2D eigenvalue weighted by atomic mass is 10.1. The van der Waals surface area contributed by atoms with E-state index in [0.29, 0.717) is 0 Å². The first kappa shape index (κ1) is 12.7. The number of nitrogens with zero attached hydrogens (tertiary/aromatic N) is 1. The van der Waals surface area contributed by atoms with Crippen LogP contribution in [-0.4, -0.2) is 45.2 Å². The predicted molar refractivity (Wildman–Crippen MR) is 61.9 cm³/mol. The summed E-state index contributed by atoms with van der Waals surface area (Å²) in [6.07, 6.45) is 0. The smallest absolute Gasteiger partial charge is 0.339 e. The van der Waals surface area contributed by atoms with Crippen LogP contribution in [0.5, 0.6) is 0 Å². The van der Waals surface area contributed by atoms with E-state index in [9.17, 15) is 18.0 Å². The molecule has 0 aromatic heterocycles. The van der Waals surface area contributed by atoms with Crippen LogP contribution >= 0.6 is 0 Å². The molecule has 7 heteroatoms. The molecule has 0 bridgehead atoms. The highest BCUT2D eigenvalue weighted by Crippen LogP contribution is 2.28. The van der Waals surface area contributed by atoms with Crippen molar-refractivity contribution in [1.29, 1.82) is 0 Å². The molecule has 96 valence electrons. The summed E-state index contributed by atoms with van der Waals surface area (Å²) >= 11 is 0. The van der Waals surface area contributed by atoms with Crippen LogP contribution in [0.25, 0.3) is 0 Å². The first-order valence-corrected chi connectivity index (χ1v) is 6.54. The highest BCUT2D eigenvalue weighted by Gasteiger charge is 2.37. The summed E-state index contributed by atoms with van der Waals surface area (Å²) in [6.45, 7) is -0.222. The maximum absolute atomic E-state index is 12.2. The zero-order valence-corrected chi connectivity index (χ0v) is 10.7. The monoisotopic (exact) mass is 269 g/mol. The molecule has 0 N–H and O–H groups in total. The van der Waals surface area contributed by atoms with Gasteiger partial charge in [-0.1, -0.05) is 6.07 Å². The fourth-order valence-corrected chi connectivity index (χ4v) is 3.32. The number of carbonyl (C=O) groups is 2. The Hall–Kier alpha value is -1.73. The van der Waals surface area contributed by atoms with E-state index in [4.69, 9.17) is 0 Å². The number of esters is 1. The third kappa shape index (κ3) is 1.72. The minimum absolute atomic E-state index is 0.0380. The van der Waals surface area contributed by atoms with Crippen LogP contribution in [0, 0.1) is 0 Å².